The summed E-state index contributed by atoms with van der Waals surface area (Å²) in [4.78, 5) is 22.1. The third-order valence-electron chi connectivity index (χ3n) is 1.51. The Kier molecular flexibility index (Phi) is 3.65. The van der Waals surface area contributed by atoms with Crippen LogP contribution in [0.2, 0.25) is 0 Å². The predicted octanol–water partition coefficient (Wildman–Crippen LogP) is 1.63. The van der Waals surface area contributed by atoms with Crippen LogP contribution in [-0.2, 0) is 4.79 Å². The van der Waals surface area contributed by atoms with Gasteiger partial charge in [0.25, 0.3) is 5.91 Å². The first-order chi connectivity index (χ1) is 6.52. The Morgan fingerprint density at radius 1 is 1.64 bits per heavy atom. The van der Waals surface area contributed by atoms with Crippen LogP contribution in [-0.4, -0.2) is 23.5 Å². The number of hydrogen-bond donors (Lipinski definition) is 2. The zero-order valence-corrected chi connectivity index (χ0v) is 9.74. The number of carboxylic acid groups (broad SMARTS) is 1. The highest BCUT2D eigenvalue weighted by atomic mass is 79.9. The largest absolute Gasteiger partial charge is 0.480 e. The highest BCUT2D eigenvalue weighted by Gasteiger charge is 2.14. The van der Waals surface area contributed by atoms with Crippen molar-refractivity contribution in [2.45, 2.75) is 6.92 Å². The van der Waals surface area contributed by atoms with Crippen molar-refractivity contribution >= 4 is 39.1 Å². The number of aliphatic carboxylic acids is 1. The smallest absolute Gasteiger partial charge is 0.322 e. The Morgan fingerprint density at radius 3 is 2.71 bits per heavy atom. The van der Waals surface area contributed by atoms with Crippen LogP contribution in [0.1, 0.15) is 15.2 Å². The minimum absolute atomic E-state index is 0.359. The summed E-state index contributed by atoms with van der Waals surface area (Å²) in [5.74, 6) is -1.42. The maximum Gasteiger partial charge on any atom is 0.322 e. The molecule has 1 aromatic rings. The summed E-state index contributed by atoms with van der Waals surface area (Å²) in [5.41, 5.74) is 0.968. The van der Waals surface area contributed by atoms with Gasteiger partial charge in [-0.25, -0.2) is 0 Å². The Morgan fingerprint density at radius 2 is 2.29 bits per heavy atom. The Balaban J connectivity index is 2.70. The lowest BCUT2D eigenvalue weighted by Crippen LogP contribution is -2.28. The number of carbonyl (C=O) groups excluding carboxylic acids is 1. The molecular formula is C8H8BrNO3S. The number of aryl methyl sites for hydroxylation is 1. The quantitative estimate of drug-likeness (QED) is 0.883. The SMILES string of the molecule is Cc1csc(C(=O)NCC(=O)O)c1Br. The second-order valence-electron chi connectivity index (χ2n) is 2.64. The fourth-order valence-electron chi connectivity index (χ4n) is 0.819. The summed E-state index contributed by atoms with van der Waals surface area (Å²) in [6.07, 6.45) is 0. The Bertz CT molecular complexity index is 375. The minimum Gasteiger partial charge on any atom is -0.480 e. The van der Waals surface area contributed by atoms with Gasteiger partial charge >= 0.3 is 5.97 Å². The molecule has 0 aliphatic carbocycles. The second kappa shape index (κ2) is 4.56. The summed E-state index contributed by atoms with van der Waals surface area (Å²) in [6, 6.07) is 0. The number of carbonyl (C=O) groups is 2. The van der Waals surface area contributed by atoms with E-state index < -0.39 is 5.97 Å². The van der Waals surface area contributed by atoms with Crippen molar-refractivity contribution in [3.05, 3.63) is 20.3 Å². The Labute approximate surface area is 93.1 Å². The maximum atomic E-state index is 11.4. The molecular weight excluding hydrogens is 270 g/mol. The van der Waals surface area contributed by atoms with Crippen LogP contribution in [0.3, 0.4) is 0 Å². The molecule has 0 unspecified atom stereocenters. The second-order valence-corrected chi connectivity index (χ2v) is 4.31. The molecule has 0 saturated carbocycles. The fraction of sp³-hybridized carbons (Fsp3) is 0.250. The van der Waals surface area contributed by atoms with Gasteiger partial charge < -0.3 is 10.4 Å². The third-order valence-corrected chi connectivity index (χ3v) is 3.89. The molecule has 1 aromatic heterocycles. The number of hydrogen-bond acceptors (Lipinski definition) is 3. The van der Waals surface area contributed by atoms with Crippen LogP contribution in [0, 0.1) is 6.92 Å². The van der Waals surface area contributed by atoms with E-state index in [0.717, 1.165) is 10.0 Å². The zero-order chi connectivity index (χ0) is 10.7. The number of carboxylic acids is 1. The number of amides is 1. The van der Waals surface area contributed by atoms with E-state index in [1.54, 1.807) is 0 Å². The molecule has 1 rings (SSSR count). The van der Waals surface area contributed by atoms with Crippen molar-refractivity contribution in [2.75, 3.05) is 6.54 Å². The summed E-state index contributed by atoms with van der Waals surface area (Å²) in [5, 5.41) is 12.5. The molecule has 0 spiro atoms. The lowest BCUT2D eigenvalue weighted by Gasteiger charge is -1.99. The molecule has 0 aromatic carbocycles. The first kappa shape index (κ1) is 11.2. The van der Waals surface area contributed by atoms with E-state index in [4.69, 9.17) is 5.11 Å². The summed E-state index contributed by atoms with van der Waals surface area (Å²) in [6.45, 7) is 1.51. The van der Waals surface area contributed by atoms with Gasteiger partial charge in [-0.05, 0) is 33.8 Å². The van der Waals surface area contributed by atoms with Gasteiger partial charge in [-0.15, -0.1) is 11.3 Å². The number of thiophene rings is 1. The molecule has 6 heteroatoms. The van der Waals surface area contributed by atoms with Gasteiger partial charge in [-0.3, -0.25) is 9.59 Å². The van der Waals surface area contributed by atoms with Crippen LogP contribution in [0.15, 0.2) is 9.85 Å². The molecule has 76 valence electrons. The monoisotopic (exact) mass is 277 g/mol. The highest BCUT2D eigenvalue weighted by Crippen LogP contribution is 2.27. The Hall–Kier alpha value is -0.880. The van der Waals surface area contributed by atoms with Crippen molar-refractivity contribution < 1.29 is 14.7 Å². The van der Waals surface area contributed by atoms with Crippen LogP contribution >= 0.6 is 27.3 Å². The molecule has 0 fully saturated rings. The molecule has 0 radical (unpaired) electrons. The van der Waals surface area contributed by atoms with E-state index in [-0.39, 0.29) is 12.5 Å². The van der Waals surface area contributed by atoms with E-state index in [9.17, 15) is 9.59 Å². The van der Waals surface area contributed by atoms with Gasteiger partial charge in [-0.2, -0.15) is 0 Å². The number of halogens is 1. The molecule has 4 nitrogen and oxygen atoms in total. The van der Waals surface area contributed by atoms with E-state index in [1.807, 2.05) is 12.3 Å². The molecule has 0 atom stereocenters. The van der Waals surface area contributed by atoms with Crippen LogP contribution in [0.25, 0.3) is 0 Å². The maximum absolute atomic E-state index is 11.4. The highest BCUT2D eigenvalue weighted by molar-refractivity contribution is 9.10. The molecule has 2 N–H and O–H groups in total. The van der Waals surface area contributed by atoms with E-state index in [1.165, 1.54) is 11.3 Å². The average Bonchev–Trinajstić information content (AvgIpc) is 2.44. The lowest BCUT2D eigenvalue weighted by molar-refractivity contribution is -0.135. The molecule has 14 heavy (non-hydrogen) atoms. The van der Waals surface area contributed by atoms with Crippen LogP contribution in [0.5, 0.6) is 0 Å². The van der Waals surface area contributed by atoms with Crippen molar-refractivity contribution in [2.24, 2.45) is 0 Å². The minimum atomic E-state index is -1.05. The summed E-state index contributed by atoms with van der Waals surface area (Å²) < 4.78 is 0.727. The zero-order valence-electron chi connectivity index (χ0n) is 7.33. The first-order valence-corrected chi connectivity index (χ1v) is 5.43. The molecule has 1 heterocycles. The summed E-state index contributed by atoms with van der Waals surface area (Å²) >= 11 is 4.54. The van der Waals surface area contributed by atoms with Gasteiger partial charge in [0.2, 0.25) is 0 Å². The summed E-state index contributed by atoms with van der Waals surface area (Å²) in [7, 11) is 0. The number of nitrogens with one attached hydrogen (secondary N) is 1. The van der Waals surface area contributed by atoms with Crippen molar-refractivity contribution in [1.82, 2.24) is 5.32 Å². The van der Waals surface area contributed by atoms with Gasteiger partial charge in [0.1, 0.15) is 11.4 Å². The van der Waals surface area contributed by atoms with Crippen molar-refractivity contribution in [1.29, 1.82) is 0 Å². The molecule has 0 aliphatic heterocycles. The normalized spacial score (nSPS) is 9.86. The van der Waals surface area contributed by atoms with E-state index in [0.29, 0.717) is 4.88 Å². The fourth-order valence-corrected chi connectivity index (χ4v) is 2.40. The predicted molar refractivity (Wildman–Crippen MR) is 56.7 cm³/mol. The van der Waals surface area contributed by atoms with Gasteiger partial charge in [-0.1, -0.05) is 0 Å². The van der Waals surface area contributed by atoms with Crippen LogP contribution in [0.4, 0.5) is 0 Å². The molecule has 1 amide bonds. The van der Waals surface area contributed by atoms with E-state index in [2.05, 4.69) is 21.2 Å². The van der Waals surface area contributed by atoms with Gasteiger partial charge in [0.05, 0.1) is 0 Å². The van der Waals surface area contributed by atoms with E-state index >= 15 is 0 Å². The van der Waals surface area contributed by atoms with Crippen molar-refractivity contribution in [3.8, 4) is 0 Å². The standard InChI is InChI=1S/C8H8BrNO3S/c1-4-3-14-7(6(4)9)8(13)10-2-5(11)12/h3H,2H2,1H3,(H,10,13)(H,11,12). The molecule has 0 bridgehead atoms. The average molecular weight is 278 g/mol. The van der Waals surface area contributed by atoms with Crippen molar-refractivity contribution in [3.63, 3.8) is 0 Å². The first-order valence-electron chi connectivity index (χ1n) is 3.76. The third kappa shape index (κ3) is 2.55. The number of rotatable bonds is 3. The lowest BCUT2D eigenvalue weighted by atomic mass is 10.3. The van der Waals surface area contributed by atoms with Crippen LogP contribution < -0.4 is 5.32 Å². The molecule has 0 aliphatic rings. The topological polar surface area (TPSA) is 66.4 Å². The molecule has 0 saturated heterocycles. The van der Waals surface area contributed by atoms with Gasteiger partial charge in [0, 0.05) is 4.47 Å². The van der Waals surface area contributed by atoms with Gasteiger partial charge in [0.15, 0.2) is 0 Å².